The minimum atomic E-state index is 0.276. The van der Waals surface area contributed by atoms with E-state index >= 15 is 0 Å². The Bertz CT molecular complexity index is 1250. The molecule has 0 radical (unpaired) electrons. The third-order valence-corrected chi connectivity index (χ3v) is 8.47. The van der Waals surface area contributed by atoms with Crippen LogP contribution < -0.4 is 14.8 Å². The van der Waals surface area contributed by atoms with Crippen molar-refractivity contribution in [3.05, 3.63) is 82.4 Å². The van der Waals surface area contributed by atoms with Crippen LogP contribution >= 0.6 is 0 Å². The second-order valence-corrected chi connectivity index (χ2v) is 11.4. The van der Waals surface area contributed by atoms with Crippen LogP contribution in [0.4, 0.5) is 5.69 Å². The maximum Gasteiger partial charge on any atom is 0.231 e. The number of fused-ring (bicyclic) bond motifs is 2. The van der Waals surface area contributed by atoms with Gasteiger partial charge in [0.1, 0.15) is 5.75 Å². The minimum Gasteiger partial charge on any atom is -0.508 e. The summed E-state index contributed by atoms with van der Waals surface area (Å²) in [5, 5.41) is 13.7. The van der Waals surface area contributed by atoms with E-state index in [0.29, 0.717) is 11.7 Å². The molecule has 2 aliphatic heterocycles. The van der Waals surface area contributed by atoms with Crippen molar-refractivity contribution in [1.82, 2.24) is 4.90 Å². The summed E-state index contributed by atoms with van der Waals surface area (Å²) in [6.45, 7) is 6.08. The summed E-state index contributed by atoms with van der Waals surface area (Å²) in [5.41, 5.74) is 7.82. The number of phenols is 1. The van der Waals surface area contributed by atoms with E-state index < -0.39 is 0 Å². The molecule has 0 aromatic heterocycles. The lowest BCUT2D eigenvalue weighted by atomic mass is 9.79. The Morgan fingerprint density at radius 3 is 2.42 bits per heavy atom. The van der Waals surface area contributed by atoms with Crippen LogP contribution in [0.5, 0.6) is 17.2 Å². The van der Waals surface area contributed by atoms with Gasteiger partial charge in [-0.05, 0) is 110 Å². The third-order valence-electron chi connectivity index (χ3n) is 8.47. The molecule has 3 aliphatic rings. The highest BCUT2D eigenvalue weighted by atomic mass is 16.7. The van der Waals surface area contributed by atoms with Crippen LogP contribution in [0.3, 0.4) is 0 Å². The average Bonchev–Trinajstić information content (AvgIpc) is 3.22. The summed E-state index contributed by atoms with van der Waals surface area (Å²) in [4.78, 5) is 2.61. The molecule has 0 saturated carbocycles. The van der Waals surface area contributed by atoms with E-state index in [4.69, 9.17) is 9.47 Å². The number of anilines is 1. The molecule has 1 fully saturated rings. The lowest BCUT2D eigenvalue weighted by Gasteiger charge is -2.28. The number of aromatic hydroxyl groups is 1. The topological polar surface area (TPSA) is 54.0 Å². The van der Waals surface area contributed by atoms with Crippen molar-refractivity contribution >= 4 is 5.69 Å². The molecule has 3 aromatic carbocycles. The highest BCUT2D eigenvalue weighted by Crippen LogP contribution is 2.44. The van der Waals surface area contributed by atoms with Crippen molar-refractivity contribution in [3.8, 4) is 17.2 Å². The molecule has 5 heteroatoms. The van der Waals surface area contributed by atoms with E-state index in [0.717, 1.165) is 49.4 Å². The fourth-order valence-electron chi connectivity index (χ4n) is 6.43. The van der Waals surface area contributed by atoms with E-state index in [9.17, 15) is 5.11 Å². The Morgan fingerprint density at radius 2 is 1.63 bits per heavy atom. The van der Waals surface area contributed by atoms with E-state index in [1.807, 2.05) is 6.07 Å². The van der Waals surface area contributed by atoms with Crippen LogP contribution in [0, 0.1) is 0 Å². The van der Waals surface area contributed by atoms with Crippen LogP contribution in [0.15, 0.2) is 54.6 Å². The molecule has 200 valence electrons. The molecule has 5 nitrogen and oxygen atoms in total. The molecule has 6 rings (SSSR count). The van der Waals surface area contributed by atoms with Crippen LogP contribution in [0.1, 0.15) is 72.8 Å². The normalized spacial score (nSPS) is 20.0. The van der Waals surface area contributed by atoms with Crippen molar-refractivity contribution in [2.24, 2.45) is 0 Å². The van der Waals surface area contributed by atoms with Gasteiger partial charge >= 0.3 is 0 Å². The quantitative estimate of drug-likeness (QED) is 0.364. The number of hydrogen-bond acceptors (Lipinski definition) is 5. The summed E-state index contributed by atoms with van der Waals surface area (Å²) < 4.78 is 11.5. The van der Waals surface area contributed by atoms with Crippen LogP contribution in [-0.2, 0) is 25.8 Å². The average molecular weight is 513 g/mol. The number of nitrogens with zero attached hydrogens (tertiary/aromatic N) is 1. The van der Waals surface area contributed by atoms with Gasteiger partial charge in [-0.2, -0.15) is 0 Å². The lowest BCUT2D eigenvalue weighted by molar-refractivity contribution is 0.174. The van der Waals surface area contributed by atoms with Crippen molar-refractivity contribution in [2.75, 3.05) is 25.2 Å². The largest absolute Gasteiger partial charge is 0.508 e. The number of aryl methyl sites for hydroxylation is 1. The highest BCUT2D eigenvalue weighted by molar-refractivity contribution is 5.63. The summed E-state index contributed by atoms with van der Waals surface area (Å²) >= 11 is 0. The maximum absolute atomic E-state index is 9.90. The molecular weight excluding hydrogens is 472 g/mol. The van der Waals surface area contributed by atoms with Gasteiger partial charge in [0.2, 0.25) is 6.79 Å². The van der Waals surface area contributed by atoms with Crippen molar-refractivity contribution < 1.29 is 14.6 Å². The van der Waals surface area contributed by atoms with Gasteiger partial charge in [0.15, 0.2) is 11.5 Å². The molecule has 0 bridgehead atoms. The van der Waals surface area contributed by atoms with Gasteiger partial charge in [-0.15, -0.1) is 0 Å². The lowest BCUT2D eigenvalue weighted by Crippen LogP contribution is -2.24. The van der Waals surface area contributed by atoms with Crippen molar-refractivity contribution in [3.63, 3.8) is 0 Å². The zero-order valence-corrected chi connectivity index (χ0v) is 22.5. The molecule has 2 N–H and O–H groups in total. The summed E-state index contributed by atoms with van der Waals surface area (Å²) in [6.07, 6.45) is 9.38. The zero-order chi connectivity index (χ0) is 25.9. The number of hydrogen-bond donors (Lipinski definition) is 2. The Morgan fingerprint density at radius 1 is 0.895 bits per heavy atom. The SMILES string of the molecule is CC(Cc1ccc(CN2CCCCCC2)cc1)Nc1cc2c(cc1C1CCc3cc(O)ccc3C1)OCO2. The molecule has 2 unspecified atom stereocenters. The van der Waals surface area contributed by atoms with Crippen LogP contribution in [0.25, 0.3) is 0 Å². The van der Waals surface area contributed by atoms with Gasteiger partial charge in [0.25, 0.3) is 0 Å². The second kappa shape index (κ2) is 11.3. The summed E-state index contributed by atoms with van der Waals surface area (Å²) in [5.74, 6) is 2.42. The number of benzene rings is 3. The predicted octanol–water partition coefficient (Wildman–Crippen LogP) is 6.81. The summed E-state index contributed by atoms with van der Waals surface area (Å²) in [6, 6.07) is 19.6. The van der Waals surface area contributed by atoms with Crippen molar-refractivity contribution in [1.29, 1.82) is 0 Å². The molecule has 1 saturated heterocycles. The molecule has 0 amide bonds. The second-order valence-electron chi connectivity index (χ2n) is 11.4. The standard InChI is InChI=1S/C33H40N2O3/c1-23(16-24-6-8-25(9-7-24)21-35-14-4-2-3-5-15-35)34-31-20-33-32(37-22-38-33)19-30(31)28-11-10-27-18-29(36)13-12-26(27)17-28/h6-9,12-13,18-20,23,28,34,36H,2-5,10-11,14-17,21-22H2,1H3. The maximum atomic E-state index is 9.90. The number of rotatable bonds is 7. The Labute approximate surface area is 226 Å². The van der Waals surface area contributed by atoms with E-state index in [1.165, 1.54) is 66.6 Å². The van der Waals surface area contributed by atoms with Gasteiger partial charge < -0.3 is 19.9 Å². The van der Waals surface area contributed by atoms with Gasteiger partial charge in [-0.1, -0.05) is 43.2 Å². The number of phenolic OH excluding ortho intramolecular Hbond substituents is 1. The first kappa shape index (κ1) is 25.1. The zero-order valence-electron chi connectivity index (χ0n) is 22.5. The number of ether oxygens (including phenoxy) is 2. The number of likely N-dealkylation sites (tertiary alicyclic amines) is 1. The molecule has 2 heterocycles. The third kappa shape index (κ3) is 5.78. The predicted molar refractivity (Wildman–Crippen MR) is 152 cm³/mol. The first-order chi connectivity index (χ1) is 18.6. The molecular formula is C33H40N2O3. The van der Waals surface area contributed by atoms with Gasteiger partial charge in [-0.25, -0.2) is 0 Å². The Hall–Kier alpha value is -3.18. The molecule has 1 aliphatic carbocycles. The highest BCUT2D eigenvalue weighted by Gasteiger charge is 2.26. The molecule has 38 heavy (non-hydrogen) atoms. The molecule has 3 aromatic rings. The molecule has 2 atom stereocenters. The van der Waals surface area contributed by atoms with Gasteiger partial charge in [-0.3, -0.25) is 4.90 Å². The smallest absolute Gasteiger partial charge is 0.231 e. The van der Waals surface area contributed by atoms with Crippen molar-refractivity contribution in [2.45, 2.75) is 76.8 Å². The van der Waals surface area contributed by atoms with E-state index in [2.05, 4.69) is 59.6 Å². The first-order valence-corrected chi connectivity index (χ1v) is 14.4. The summed E-state index contributed by atoms with van der Waals surface area (Å²) in [7, 11) is 0. The number of nitrogens with one attached hydrogen (secondary N) is 1. The van der Waals surface area contributed by atoms with Gasteiger partial charge in [0, 0.05) is 24.3 Å². The fourth-order valence-corrected chi connectivity index (χ4v) is 6.43. The van der Waals surface area contributed by atoms with Gasteiger partial charge in [0.05, 0.1) is 0 Å². The Balaban J connectivity index is 1.14. The monoisotopic (exact) mass is 512 g/mol. The molecule has 0 spiro atoms. The first-order valence-electron chi connectivity index (χ1n) is 14.4. The van der Waals surface area contributed by atoms with Crippen LogP contribution in [-0.4, -0.2) is 35.9 Å². The van der Waals surface area contributed by atoms with Crippen LogP contribution in [0.2, 0.25) is 0 Å². The van der Waals surface area contributed by atoms with E-state index in [1.54, 1.807) is 6.07 Å². The van der Waals surface area contributed by atoms with E-state index in [-0.39, 0.29) is 12.8 Å². The Kier molecular flexibility index (Phi) is 7.46. The fraction of sp³-hybridized carbons (Fsp3) is 0.455. The minimum absolute atomic E-state index is 0.276.